The Balaban J connectivity index is 2.22. The molecule has 0 fully saturated rings. The Morgan fingerprint density at radius 1 is 1.19 bits per heavy atom. The fourth-order valence-corrected chi connectivity index (χ4v) is 3.03. The number of aliphatic hydroxyl groups is 1. The molecule has 26 heavy (non-hydrogen) atoms. The minimum atomic E-state index is -0.947. The molecule has 1 aliphatic rings. The fourth-order valence-electron chi connectivity index (χ4n) is 3.03. The van der Waals surface area contributed by atoms with Gasteiger partial charge in [-0.1, -0.05) is 26.8 Å². The number of nitrogens with zero attached hydrogens (tertiary/aromatic N) is 1. The Hall–Kier alpha value is -3.02. The van der Waals surface area contributed by atoms with Crippen molar-refractivity contribution in [1.82, 2.24) is 0 Å². The molecule has 136 valence electrons. The third-order valence-electron chi connectivity index (χ3n) is 4.34. The molecule has 0 saturated heterocycles. The molecule has 6 nitrogen and oxygen atoms in total. The van der Waals surface area contributed by atoms with Gasteiger partial charge < -0.3 is 14.6 Å². The summed E-state index contributed by atoms with van der Waals surface area (Å²) in [6.45, 7) is 6.96. The summed E-state index contributed by atoms with van der Waals surface area (Å²) in [6, 6.07) is 7.13. The first-order chi connectivity index (χ1) is 12.1. The Bertz CT molecular complexity index is 903. The number of hydrogen-bond donors (Lipinski definition) is 2. The first-order valence-corrected chi connectivity index (χ1v) is 8.27. The molecule has 0 saturated carbocycles. The van der Waals surface area contributed by atoms with Crippen LogP contribution in [0.2, 0.25) is 0 Å². The number of aromatic hydroxyl groups is 1. The summed E-state index contributed by atoms with van der Waals surface area (Å²) >= 11 is 0. The van der Waals surface area contributed by atoms with Crippen LogP contribution in [-0.4, -0.2) is 21.9 Å². The number of benzene rings is 1. The summed E-state index contributed by atoms with van der Waals surface area (Å²) in [5.74, 6) is -1.53. The number of anilines is 1. The molecule has 0 bridgehead atoms. The maximum atomic E-state index is 13.0. The Morgan fingerprint density at radius 3 is 2.46 bits per heavy atom. The van der Waals surface area contributed by atoms with E-state index < -0.39 is 23.1 Å². The first kappa shape index (κ1) is 17.8. The van der Waals surface area contributed by atoms with Crippen molar-refractivity contribution < 1.29 is 24.2 Å². The third-order valence-corrected chi connectivity index (χ3v) is 4.34. The average molecular weight is 355 g/mol. The van der Waals surface area contributed by atoms with Crippen molar-refractivity contribution in [3.8, 4) is 5.75 Å². The average Bonchev–Trinajstić information content (AvgIpc) is 3.16. The lowest BCUT2D eigenvalue weighted by molar-refractivity contribution is -0.123. The molecule has 1 aliphatic heterocycles. The van der Waals surface area contributed by atoms with Crippen LogP contribution in [0.1, 0.15) is 38.1 Å². The van der Waals surface area contributed by atoms with Crippen LogP contribution in [0, 0.1) is 12.3 Å². The largest absolute Gasteiger partial charge is 0.506 e. The topological polar surface area (TPSA) is 91.0 Å². The molecular formula is C20H21NO5. The zero-order valence-electron chi connectivity index (χ0n) is 15.1. The molecular weight excluding hydrogens is 334 g/mol. The van der Waals surface area contributed by atoms with Crippen molar-refractivity contribution in [3.63, 3.8) is 0 Å². The monoisotopic (exact) mass is 355 g/mol. The van der Waals surface area contributed by atoms with Crippen LogP contribution >= 0.6 is 0 Å². The van der Waals surface area contributed by atoms with E-state index in [1.807, 2.05) is 6.92 Å². The summed E-state index contributed by atoms with van der Waals surface area (Å²) in [6.07, 6.45) is 1.43. The smallest absolute Gasteiger partial charge is 0.294 e. The number of furan rings is 1. The maximum Gasteiger partial charge on any atom is 0.294 e. The molecule has 2 aromatic rings. The molecule has 1 aromatic heterocycles. The molecule has 1 aromatic carbocycles. The van der Waals surface area contributed by atoms with E-state index in [4.69, 9.17) is 4.42 Å². The Kier molecular flexibility index (Phi) is 4.14. The van der Waals surface area contributed by atoms with Crippen LogP contribution in [0.25, 0.3) is 0 Å². The number of ketones is 1. The number of amides is 1. The molecule has 0 spiro atoms. The first-order valence-electron chi connectivity index (χ1n) is 8.27. The predicted molar refractivity (Wildman–Crippen MR) is 95.9 cm³/mol. The van der Waals surface area contributed by atoms with Gasteiger partial charge in [-0.3, -0.25) is 14.5 Å². The van der Waals surface area contributed by atoms with Crippen LogP contribution in [0.15, 0.2) is 52.3 Å². The van der Waals surface area contributed by atoms with Crippen LogP contribution in [0.5, 0.6) is 5.75 Å². The normalized spacial score (nSPS) is 17.9. The number of phenols is 1. The number of Topliss-reactive ketones (excluding diaryl/α,β-unsaturated/α-hetero) is 1. The van der Waals surface area contributed by atoms with Crippen molar-refractivity contribution in [2.75, 3.05) is 4.90 Å². The minimum Gasteiger partial charge on any atom is -0.506 e. The molecule has 1 unspecified atom stereocenters. The van der Waals surface area contributed by atoms with Gasteiger partial charge in [-0.15, -0.1) is 0 Å². The third kappa shape index (κ3) is 2.77. The molecule has 0 aliphatic carbocycles. The quantitative estimate of drug-likeness (QED) is 0.874. The van der Waals surface area contributed by atoms with E-state index >= 15 is 0 Å². The molecule has 0 radical (unpaired) electrons. The van der Waals surface area contributed by atoms with Gasteiger partial charge in [-0.2, -0.15) is 0 Å². The van der Waals surface area contributed by atoms with Gasteiger partial charge in [0.2, 0.25) is 0 Å². The molecule has 2 heterocycles. The summed E-state index contributed by atoms with van der Waals surface area (Å²) in [7, 11) is 0. The van der Waals surface area contributed by atoms with Gasteiger partial charge in [-0.05, 0) is 36.8 Å². The summed E-state index contributed by atoms with van der Waals surface area (Å²) in [4.78, 5) is 27.0. The van der Waals surface area contributed by atoms with Gasteiger partial charge in [0.15, 0.2) is 11.5 Å². The Morgan fingerprint density at radius 2 is 1.88 bits per heavy atom. The van der Waals surface area contributed by atoms with Gasteiger partial charge in [0.05, 0.1) is 17.5 Å². The summed E-state index contributed by atoms with van der Waals surface area (Å²) < 4.78 is 5.46. The number of rotatable bonds is 3. The molecule has 1 atom stereocenters. The fraction of sp³-hybridized carbons (Fsp3) is 0.300. The van der Waals surface area contributed by atoms with Crippen molar-refractivity contribution in [2.45, 2.75) is 33.7 Å². The second-order valence-corrected chi connectivity index (χ2v) is 7.43. The van der Waals surface area contributed by atoms with Crippen LogP contribution < -0.4 is 4.90 Å². The molecule has 1 amide bonds. The predicted octanol–water partition coefficient (Wildman–Crippen LogP) is 3.81. The minimum absolute atomic E-state index is 0.0293. The highest BCUT2D eigenvalue weighted by atomic mass is 16.3. The summed E-state index contributed by atoms with van der Waals surface area (Å²) in [5, 5.41) is 20.8. The number of aliphatic hydroxyl groups excluding tert-OH is 1. The van der Waals surface area contributed by atoms with Crippen LogP contribution in [0.3, 0.4) is 0 Å². The highest BCUT2D eigenvalue weighted by Gasteiger charge is 2.48. The van der Waals surface area contributed by atoms with Crippen LogP contribution in [0.4, 0.5) is 5.69 Å². The standard InChI is InChI=1S/C20H21NO5/c1-11-7-8-13(22)12(10-11)21-16(14-6-5-9-26-14)15(17(23)19(21)25)18(24)20(2,3)4/h5-10,16,22-23H,1-4H3. The number of carbonyl (C=O) groups excluding carboxylic acids is 2. The second kappa shape index (κ2) is 6.05. The van der Waals surface area contributed by atoms with Gasteiger partial charge in [0.25, 0.3) is 5.91 Å². The zero-order chi connectivity index (χ0) is 19.2. The van der Waals surface area contributed by atoms with Crippen molar-refractivity contribution in [2.24, 2.45) is 5.41 Å². The van der Waals surface area contributed by atoms with Crippen LogP contribution in [-0.2, 0) is 9.59 Å². The molecule has 6 heteroatoms. The number of hydrogen-bond acceptors (Lipinski definition) is 5. The maximum absolute atomic E-state index is 13.0. The lowest BCUT2D eigenvalue weighted by atomic mass is 9.83. The van der Waals surface area contributed by atoms with Gasteiger partial charge >= 0.3 is 0 Å². The van der Waals surface area contributed by atoms with Crippen molar-refractivity contribution >= 4 is 17.4 Å². The van der Waals surface area contributed by atoms with E-state index in [2.05, 4.69) is 0 Å². The highest BCUT2D eigenvalue weighted by Crippen LogP contribution is 2.45. The van der Waals surface area contributed by atoms with Gasteiger partial charge in [0, 0.05) is 5.41 Å². The molecule has 3 rings (SSSR count). The second-order valence-electron chi connectivity index (χ2n) is 7.43. The van der Waals surface area contributed by atoms with E-state index in [-0.39, 0.29) is 22.8 Å². The Labute approximate surface area is 151 Å². The van der Waals surface area contributed by atoms with Crippen molar-refractivity contribution in [3.05, 3.63) is 59.3 Å². The number of carbonyl (C=O) groups is 2. The molecule has 2 N–H and O–H groups in total. The SMILES string of the molecule is Cc1ccc(O)c(N2C(=O)C(O)=C(C(=O)C(C)(C)C)C2c2ccco2)c1. The van der Waals surface area contributed by atoms with E-state index in [0.717, 1.165) is 5.56 Å². The number of phenolic OH excluding ortho intramolecular Hbond substituents is 1. The number of aryl methyl sites for hydroxylation is 1. The van der Waals surface area contributed by atoms with E-state index in [1.54, 1.807) is 45.0 Å². The van der Waals surface area contributed by atoms with E-state index in [1.165, 1.54) is 17.2 Å². The zero-order valence-corrected chi connectivity index (χ0v) is 15.1. The lowest BCUT2D eigenvalue weighted by Gasteiger charge is -2.27. The van der Waals surface area contributed by atoms with E-state index in [0.29, 0.717) is 5.76 Å². The van der Waals surface area contributed by atoms with Crippen molar-refractivity contribution in [1.29, 1.82) is 0 Å². The van der Waals surface area contributed by atoms with E-state index in [9.17, 15) is 19.8 Å². The van der Waals surface area contributed by atoms with Gasteiger partial charge in [-0.25, -0.2) is 0 Å². The highest BCUT2D eigenvalue weighted by molar-refractivity contribution is 6.17. The summed E-state index contributed by atoms with van der Waals surface area (Å²) in [5.41, 5.74) is 0.191. The van der Waals surface area contributed by atoms with Gasteiger partial charge in [0.1, 0.15) is 17.6 Å². The lowest BCUT2D eigenvalue weighted by Crippen LogP contribution is -2.32.